The number of rotatable bonds is 6. The molecule has 0 N–H and O–H groups in total. The van der Waals surface area contributed by atoms with Crippen molar-refractivity contribution in [2.24, 2.45) is 10.9 Å². The van der Waals surface area contributed by atoms with Crippen molar-refractivity contribution < 1.29 is 14.3 Å². The zero-order valence-corrected chi connectivity index (χ0v) is 20.3. The van der Waals surface area contributed by atoms with Gasteiger partial charge in [0.25, 0.3) is 5.91 Å². The van der Waals surface area contributed by atoms with Crippen LogP contribution >= 0.6 is 39.3 Å². The number of hydrogen-bond acceptors (Lipinski definition) is 5. The standard InChI is InChI=1S/C22H22BrClN2O3S/c1-13(2)12-26-21(27)20(30-22(26)25-16-7-5-15(24)6-8-16)10-14-9-18(28-3)19(29-4)11-17(14)23/h5-11,13H,12H2,1-4H3/b20-10-,25-22?. The number of nitrogens with zero attached hydrogens (tertiary/aromatic N) is 2. The fourth-order valence-corrected chi connectivity index (χ4v) is 4.43. The number of carbonyl (C=O) groups excluding carboxylic acids is 1. The fraction of sp³-hybridized carbons (Fsp3) is 0.273. The zero-order valence-electron chi connectivity index (χ0n) is 17.1. The van der Waals surface area contributed by atoms with Crippen LogP contribution < -0.4 is 9.47 Å². The van der Waals surface area contributed by atoms with Gasteiger partial charge in [0.05, 0.1) is 24.8 Å². The minimum atomic E-state index is -0.0666. The zero-order chi connectivity index (χ0) is 21.8. The lowest BCUT2D eigenvalue weighted by Gasteiger charge is -2.17. The Kier molecular flexibility index (Phi) is 7.50. The molecule has 5 nitrogen and oxygen atoms in total. The van der Waals surface area contributed by atoms with Gasteiger partial charge in [-0.2, -0.15) is 0 Å². The van der Waals surface area contributed by atoms with Crippen LogP contribution in [-0.4, -0.2) is 36.7 Å². The summed E-state index contributed by atoms with van der Waals surface area (Å²) in [6.07, 6.45) is 1.84. The molecule has 1 aliphatic rings. The summed E-state index contributed by atoms with van der Waals surface area (Å²) in [5.74, 6) is 1.45. The molecule has 2 aromatic carbocycles. The molecule has 0 radical (unpaired) electrons. The van der Waals surface area contributed by atoms with Gasteiger partial charge >= 0.3 is 0 Å². The molecule has 1 aliphatic heterocycles. The highest BCUT2D eigenvalue weighted by Crippen LogP contribution is 2.38. The first-order chi connectivity index (χ1) is 14.3. The quantitative estimate of drug-likeness (QED) is 0.424. The van der Waals surface area contributed by atoms with E-state index < -0.39 is 0 Å². The van der Waals surface area contributed by atoms with Crippen molar-refractivity contribution in [3.63, 3.8) is 0 Å². The maximum Gasteiger partial charge on any atom is 0.266 e. The second-order valence-electron chi connectivity index (χ2n) is 7.02. The van der Waals surface area contributed by atoms with E-state index in [4.69, 9.17) is 21.1 Å². The molecule has 3 rings (SSSR count). The monoisotopic (exact) mass is 508 g/mol. The Bertz CT molecular complexity index is 1010. The predicted octanol–water partition coefficient (Wildman–Crippen LogP) is 6.38. The Hall–Kier alpha value is -1.96. The van der Waals surface area contributed by atoms with Gasteiger partial charge in [-0.15, -0.1) is 0 Å². The number of halogens is 2. The van der Waals surface area contributed by atoms with E-state index in [0.29, 0.717) is 39.1 Å². The number of hydrogen-bond donors (Lipinski definition) is 0. The summed E-state index contributed by atoms with van der Waals surface area (Å²) in [5, 5.41) is 1.30. The second-order valence-corrected chi connectivity index (χ2v) is 9.32. The smallest absolute Gasteiger partial charge is 0.266 e. The molecule has 0 spiro atoms. The maximum atomic E-state index is 13.2. The first-order valence-electron chi connectivity index (χ1n) is 9.29. The van der Waals surface area contributed by atoms with Gasteiger partial charge in [0, 0.05) is 16.0 Å². The summed E-state index contributed by atoms with van der Waals surface area (Å²) < 4.78 is 11.5. The van der Waals surface area contributed by atoms with Gasteiger partial charge in [-0.1, -0.05) is 41.4 Å². The first-order valence-corrected chi connectivity index (χ1v) is 11.3. The predicted molar refractivity (Wildman–Crippen MR) is 128 cm³/mol. The molecule has 0 unspecified atom stereocenters. The summed E-state index contributed by atoms with van der Waals surface area (Å²) >= 11 is 10.9. The average molecular weight is 510 g/mol. The van der Waals surface area contributed by atoms with Crippen LogP contribution in [-0.2, 0) is 4.79 Å². The Labute approximate surface area is 194 Å². The van der Waals surface area contributed by atoms with Gasteiger partial charge in [0.1, 0.15) is 0 Å². The van der Waals surface area contributed by atoms with Crippen LogP contribution in [0.15, 0.2) is 50.8 Å². The number of amides is 1. The summed E-state index contributed by atoms with van der Waals surface area (Å²) in [4.78, 5) is 20.2. The molecule has 1 saturated heterocycles. The second kappa shape index (κ2) is 9.90. The van der Waals surface area contributed by atoms with Crippen molar-refractivity contribution in [2.45, 2.75) is 13.8 Å². The Balaban J connectivity index is 2.00. The molecule has 1 amide bonds. The van der Waals surface area contributed by atoms with E-state index in [1.807, 2.05) is 30.3 Å². The summed E-state index contributed by atoms with van der Waals surface area (Å²) in [6.45, 7) is 4.73. The van der Waals surface area contributed by atoms with Crippen LogP contribution in [0.25, 0.3) is 6.08 Å². The van der Waals surface area contributed by atoms with Crippen molar-refractivity contribution >= 4 is 62.1 Å². The van der Waals surface area contributed by atoms with E-state index in [1.54, 1.807) is 31.3 Å². The first kappa shape index (κ1) is 22.7. The molecule has 1 fully saturated rings. The number of methoxy groups -OCH3 is 2. The SMILES string of the molecule is COc1cc(Br)c(/C=C2\SC(=Nc3ccc(Cl)cc3)N(CC(C)C)C2=O)cc1OC. The number of ether oxygens (including phenoxy) is 2. The Morgan fingerprint density at radius 3 is 2.40 bits per heavy atom. The van der Waals surface area contributed by atoms with Crippen molar-refractivity contribution in [1.82, 2.24) is 4.90 Å². The number of carbonyl (C=O) groups is 1. The van der Waals surface area contributed by atoms with Crippen molar-refractivity contribution in [3.8, 4) is 11.5 Å². The van der Waals surface area contributed by atoms with Crippen LogP contribution in [0.3, 0.4) is 0 Å². The molecule has 1 heterocycles. The Morgan fingerprint density at radius 2 is 1.80 bits per heavy atom. The summed E-state index contributed by atoms with van der Waals surface area (Å²) in [7, 11) is 3.17. The number of aliphatic imine (C=N–C) groups is 1. The van der Waals surface area contributed by atoms with Crippen LogP contribution in [0.5, 0.6) is 11.5 Å². The minimum absolute atomic E-state index is 0.0666. The van der Waals surface area contributed by atoms with Crippen LogP contribution in [0.2, 0.25) is 5.02 Å². The molecule has 0 atom stereocenters. The van der Waals surface area contributed by atoms with E-state index in [1.165, 1.54) is 11.8 Å². The van der Waals surface area contributed by atoms with Gasteiger partial charge in [-0.3, -0.25) is 9.69 Å². The lowest BCUT2D eigenvalue weighted by Crippen LogP contribution is -2.32. The molecule has 0 saturated carbocycles. The molecule has 2 aromatic rings. The third-order valence-electron chi connectivity index (χ3n) is 4.28. The van der Waals surface area contributed by atoms with Gasteiger partial charge < -0.3 is 9.47 Å². The van der Waals surface area contributed by atoms with E-state index in [-0.39, 0.29) is 5.91 Å². The Morgan fingerprint density at radius 1 is 1.17 bits per heavy atom. The highest BCUT2D eigenvalue weighted by molar-refractivity contribution is 9.10. The summed E-state index contributed by atoms with van der Waals surface area (Å²) in [5.41, 5.74) is 1.57. The molecular formula is C22H22BrClN2O3S. The fourth-order valence-electron chi connectivity index (χ4n) is 2.87. The van der Waals surface area contributed by atoms with Gasteiger partial charge in [-0.25, -0.2) is 4.99 Å². The normalized spacial score (nSPS) is 16.8. The highest BCUT2D eigenvalue weighted by atomic mass is 79.9. The molecule has 30 heavy (non-hydrogen) atoms. The molecular weight excluding hydrogens is 488 g/mol. The average Bonchev–Trinajstić information content (AvgIpc) is 2.99. The highest BCUT2D eigenvalue weighted by Gasteiger charge is 2.34. The minimum Gasteiger partial charge on any atom is -0.493 e. The van der Waals surface area contributed by atoms with E-state index in [2.05, 4.69) is 34.8 Å². The van der Waals surface area contributed by atoms with Crippen molar-refractivity contribution in [2.75, 3.05) is 20.8 Å². The van der Waals surface area contributed by atoms with Crippen molar-refractivity contribution in [3.05, 3.63) is 56.4 Å². The third kappa shape index (κ3) is 5.20. The number of amidine groups is 1. The lowest BCUT2D eigenvalue weighted by atomic mass is 10.1. The van der Waals surface area contributed by atoms with E-state index in [0.717, 1.165) is 15.7 Å². The third-order valence-corrected chi connectivity index (χ3v) is 6.22. The van der Waals surface area contributed by atoms with Gasteiger partial charge in [-0.05, 0) is 65.7 Å². The van der Waals surface area contributed by atoms with Crippen molar-refractivity contribution in [1.29, 1.82) is 0 Å². The number of benzene rings is 2. The molecule has 158 valence electrons. The number of thioether (sulfide) groups is 1. The van der Waals surface area contributed by atoms with Crippen LogP contribution in [0.4, 0.5) is 5.69 Å². The van der Waals surface area contributed by atoms with E-state index in [9.17, 15) is 4.79 Å². The van der Waals surface area contributed by atoms with Gasteiger partial charge in [0.15, 0.2) is 16.7 Å². The maximum absolute atomic E-state index is 13.2. The summed E-state index contributed by atoms with van der Waals surface area (Å²) in [6, 6.07) is 10.9. The molecule has 8 heteroatoms. The van der Waals surface area contributed by atoms with Crippen LogP contribution in [0, 0.1) is 5.92 Å². The molecule has 0 aromatic heterocycles. The molecule has 0 aliphatic carbocycles. The topological polar surface area (TPSA) is 51.1 Å². The van der Waals surface area contributed by atoms with Gasteiger partial charge in [0.2, 0.25) is 0 Å². The van der Waals surface area contributed by atoms with Crippen LogP contribution in [0.1, 0.15) is 19.4 Å². The van der Waals surface area contributed by atoms with E-state index >= 15 is 0 Å². The lowest BCUT2D eigenvalue weighted by molar-refractivity contribution is -0.122. The molecule has 0 bridgehead atoms. The largest absolute Gasteiger partial charge is 0.493 e.